The first-order valence-corrected chi connectivity index (χ1v) is 6.23. The second-order valence-electron chi connectivity index (χ2n) is 4.79. The minimum Gasteiger partial charge on any atom is -0.355 e. The largest absolute Gasteiger partial charge is 0.355 e. The molecule has 0 aliphatic carbocycles. The van der Waals surface area contributed by atoms with Crippen molar-refractivity contribution in [2.45, 2.75) is 13.0 Å². The van der Waals surface area contributed by atoms with Gasteiger partial charge in [-0.3, -0.25) is 19.7 Å². The van der Waals surface area contributed by atoms with Gasteiger partial charge in [-0.1, -0.05) is 18.2 Å². The molecule has 0 spiro atoms. The molecule has 1 aromatic rings. The van der Waals surface area contributed by atoms with Gasteiger partial charge in [-0.25, -0.2) is 0 Å². The Kier molecular flexibility index (Phi) is 3.97. The number of nitrogens with zero attached hydrogens (tertiary/aromatic N) is 2. The van der Waals surface area contributed by atoms with Crippen LogP contribution in [0.1, 0.15) is 12.0 Å². The molecule has 1 aromatic carbocycles. The molecule has 20 heavy (non-hydrogen) atoms. The van der Waals surface area contributed by atoms with Gasteiger partial charge in [0.25, 0.3) is 5.69 Å². The average Bonchev–Trinajstić information content (AvgIpc) is 2.84. The number of carbonyl (C=O) groups is 2. The predicted octanol–water partition coefficient (Wildman–Crippen LogP) is 0.689. The quantitative estimate of drug-likeness (QED) is 0.647. The van der Waals surface area contributed by atoms with Crippen LogP contribution in [-0.2, 0) is 16.1 Å². The van der Waals surface area contributed by atoms with Crippen LogP contribution < -0.4 is 5.32 Å². The second-order valence-corrected chi connectivity index (χ2v) is 4.79. The lowest BCUT2D eigenvalue weighted by Crippen LogP contribution is -2.33. The van der Waals surface area contributed by atoms with E-state index in [2.05, 4.69) is 5.32 Å². The molecule has 0 saturated carbocycles. The zero-order valence-corrected chi connectivity index (χ0v) is 11.0. The molecular formula is C13H15N3O4. The van der Waals surface area contributed by atoms with Gasteiger partial charge in [0.1, 0.15) is 0 Å². The molecule has 7 nitrogen and oxygen atoms in total. The summed E-state index contributed by atoms with van der Waals surface area (Å²) in [6.07, 6.45) is 0.181. The zero-order valence-electron chi connectivity index (χ0n) is 11.0. The highest BCUT2D eigenvalue weighted by Gasteiger charge is 2.30. The van der Waals surface area contributed by atoms with Crippen molar-refractivity contribution < 1.29 is 14.5 Å². The molecule has 0 bridgehead atoms. The van der Waals surface area contributed by atoms with Crippen molar-refractivity contribution in [3.8, 4) is 0 Å². The first kappa shape index (κ1) is 14.0. The molecule has 1 aliphatic rings. The lowest BCUT2D eigenvalue weighted by atomic mass is 10.1. The normalized spacial score (nSPS) is 17.6. The van der Waals surface area contributed by atoms with Crippen molar-refractivity contribution in [3.63, 3.8) is 0 Å². The molecule has 1 saturated heterocycles. The maximum Gasteiger partial charge on any atom is 0.274 e. The van der Waals surface area contributed by atoms with Gasteiger partial charge in [0.2, 0.25) is 11.8 Å². The average molecular weight is 277 g/mol. The summed E-state index contributed by atoms with van der Waals surface area (Å²) in [7, 11) is 1.59. The third-order valence-corrected chi connectivity index (χ3v) is 3.30. The van der Waals surface area contributed by atoms with Crippen LogP contribution in [0.2, 0.25) is 0 Å². The van der Waals surface area contributed by atoms with Crippen LogP contribution in [0.25, 0.3) is 0 Å². The molecule has 2 rings (SSSR count). The fourth-order valence-corrected chi connectivity index (χ4v) is 2.25. The predicted molar refractivity (Wildman–Crippen MR) is 70.7 cm³/mol. The van der Waals surface area contributed by atoms with E-state index >= 15 is 0 Å². The van der Waals surface area contributed by atoms with E-state index in [1.165, 1.54) is 11.0 Å². The fourth-order valence-electron chi connectivity index (χ4n) is 2.25. The number of carbonyl (C=O) groups excluding carboxylic acids is 2. The number of hydrogen-bond acceptors (Lipinski definition) is 4. The molecule has 0 radical (unpaired) electrons. The number of rotatable bonds is 4. The van der Waals surface area contributed by atoms with E-state index < -0.39 is 4.92 Å². The first-order valence-electron chi connectivity index (χ1n) is 6.23. The van der Waals surface area contributed by atoms with Crippen LogP contribution in [-0.4, -0.2) is 35.2 Å². The van der Waals surface area contributed by atoms with Crippen molar-refractivity contribution in [1.82, 2.24) is 10.2 Å². The van der Waals surface area contributed by atoms with Gasteiger partial charge in [-0.2, -0.15) is 0 Å². The number of amides is 2. The van der Waals surface area contributed by atoms with Crippen LogP contribution >= 0.6 is 0 Å². The molecule has 106 valence electrons. The molecular weight excluding hydrogens is 262 g/mol. The van der Waals surface area contributed by atoms with Crippen LogP contribution in [0, 0.1) is 16.0 Å². The van der Waals surface area contributed by atoms with Crippen molar-refractivity contribution in [1.29, 1.82) is 0 Å². The topological polar surface area (TPSA) is 92.5 Å². The summed E-state index contributed by atoms with van der Waals surface area (Å²) in [5.74, 6) is -0.695. The van der Waals surface area contributed by atoms with Gasteiger partial charge in [-0.05, 0) is 0 Å². The van der Waals surface area contributed by atoms with E-state index in [0.717, 1.165) is 0 Å². The van der Waals surface area contributed by atoms with Crippen LogP contribution in [0.4, 0.5) is 5.69 Å². The van der Waals surface area contributed by atoms with Gasteiger partial charge < -0.3 is 10.2 Å². The minimum atomic E-state index is -0.464. The third-order valence-electron chi connectivity index (χ3n) is 3.30. The Balaban J connectivity index is 2.08. The fraction of sp³-hybridized carbons (Fsp3) is 0.385. The van der Waals surface area contributed by atoms with E-state index in [9.17, 15) is 19.7 Å². The Bertz CT molecular complexity index is 558. The minimum absolute atomic E-state index is 0.00669. The number of nitrogens with one attached hydrogen (secondary N) is 1. The maximum atomic E-state index is 12.1. The molecule has 1 atom stereocenters. The van der Waals surface area contributed by atoms with Crippen LogP contribution in [0.5, 0.6) is 0 Å². The summed E-state index contributed by atoms with van der Waals surface area (Å²) in [5, 5.41) is 13.5. The standard InChI is InChI=1S/C13H15N3O4/c1-15(13(18)10-6-12(17)14-7-10)8-9-4-2-3-5-11(9)16(19)20/h2-5,10H,6-8H2,1H3,(H,14,17). The van der Waals surface area contributed by atoms with E-state index in [0.29, 0.717) is 12.1 Å². The van der Waals surface area contributed by atoms with Gasteiger partial charge in [0.15, 0.2) is 0 Å². The molecule has 1 heterocycles. The number of nitro benzene ring substituents is 1. The van der Waals surface area contributed by atoms with Gasteiger partial charge in [0, 0.05) is 31.6 Å². The van der Waals surface area contributed by atoms with Crippen molar-refractivity contribution in [2.24, 2.45) is 5.92 Å². The van der Waals surface area contributed by atoms with Gasteiger partial charge >= 0.3 is 0 Å². The SMILES string of the molecule is CN(Cc1ccccc1[N+](=O)[O-])C(=O)C1CNC(=O)C1. The molecule has 1 aliphatic heterocycles. The number of para-hydroxylation sites is 1. The highest BCUT2D eigenvalue weighted by molar-refractivity contribution is 5.89. The lowest BCUT2D eigenvalue weighted by molar-refractivity contribution is -0.385. The summed E-state index contributed by atoms with van der Waals surface area (Å²) >= 11 is 0. The Labute approximate surface area is 115 Å². The number of nitro groups is 1. The van der Waals surface area contributed by atoms with E-state index in [-0.39, 0.29) is 36.4 Å². The van der Waals surface area contributed by atoms with Crippen molar-refractivity contribution >= 4 is 17.5 Å². The van der Waals surface area contributed by atoms with E-state index in [4.69, 9.17) is 0 Å². The summed E-state index contributed by atoms with van der Waals surface area (Å²) in [6.45, 7) is 0.486. The maximum absolute atomic E-state index is 12.1. The van der Waals surface area contributed by atoms with Gasteiger partial charge in [-0.15, -0.1) is 0 Å². The Morgan fingerprint density at radius 3 is 2.80 bits per heavy atom. The summed E-state index contributed by atoms with van der Waals surface area (Å²) in [5.41, 5.74) is 0.471. The van der Waals surface area contributed by atoms with Crippen LogP contribution in [0.15, 0.2) is 24.3 Å². The molecule has 2 amide bonds. The Hall–Kier alpha value is -2.44. The second kappa shape index (κ2) is 5.68. The van der Waals surface area contributed by atoms with E-state index in [1.807, 2.05) is 0 Å². The summed E-state index contributed by atoms with van der Waals surface area (Å²) in [4.78, 5) is 35.1. The highest BCUT2D eigenvalue weighted by Crippen LogP contribution is 2.20. The highest BCUT2D eigenvalue weighted by atomic mass is 16.6. The molecule has 1 N–H and O–H groups in total. The van der Waals surface area contributed by atoms with Gasteiger partial charge in [0.05, 0.1) is 17.4 Å². The smallest absolute Gasteiger partial charge is 0.274 e. The Morgan fingerprint density at radius 1 is 1.50 bits per heavy atom. The molecule has 0 aromatic heterocycles. The summed E-state index contributed by atoms with van der Waals surface area (Å²) in [6, 6.07) is 6.32. The molecule has 1 fully saturated rings. The number of benzene rings is 1. The Morgan fingerprint density at radius 2 is 2.20 bits per heavy atom. The molecule has 7 heteroatoms. The third kappa shape index (κ3) is 2.93. The first-order chi connectivity index (χ1) is 9.49. The number of hydrogen-bond donors (Lipinski definition) is 1. The zero-order chi connectivity index (χ0) is 14.7. The van der Waals surface area contributed by atoms with Crippen molar-refractivity contribution in [2.75, 3.05) is 13.6 Å². The lowest BCUT2D eigenvalue weighted by Gasteiger charge is -2.20. The van der Waals surface area contributed by atoms with Crippen LogP contribution in [0.3, 0.4) is 0 Å². The molecule has 1 unspecified atom stereocenters. The van der Waals surface area contributed by atoms with E-state index in [1.54, 1.807) is 25.2 Å². The summed E-state index contributed by atoms with van der Waals surface area (Å²) < 4.78 is 0. The van der Waals surface area contributed by atoms with Crippen molar-refractivity contribution in [3.05, 3.63) is 39.9 Å². The monoisotopic (exact) mass is 277 g/mol.